The van der Waals surface area contributed by atoms with E-state index in [1.54, 1.807) is 12.3 Å². The summed E-state index contributed by atoms with van der Waals surface area (Å²) in [4.78, 5) is 30.2. The smallest absolute Gasteiger partial charge is 0.276 e. The summed E-state index contributed by atoms with van der Waals surface area (Å²) in [5.41, 5.74) is 4.11. The van der Waals surface area contributed by atoms with Crippen LogP contribution in [0.4, 0.5) is 0 Å². The molecule has 0 fully saturated rings. The molecule has 140 valence electrons. The normalized spacial score (nSPS) is 16.2. The number of aromatic nitrogens is 3. The molecule has 4 aromatic rings. The Bertz CT molecular complexity index is 1250. The van der Waals surface area contributed by atoms with E-state index in [1.165, 1.54) is 15.7 Å². The molecule has 0 radical (unpaired) electrons. The number of fused-ring (bicyclic) bond motifs is 4. The molecule has 0 saturated heterocycles. The van der Waals surface area contributed by atoms with Gasteiger partial charge in [-0.15, -0.1) is 0 Å². The fraction of sp³-hybridized carbons (Fsp3) is 0.227. The molecule has 0 spiro atoms. The quantitative estimate of drug-likeness (QED) is 0.601. The summed E-state index contributed by atoms with van der Waals surface area (Å²) in [5.74, 6) is -0.174. The Morgan fingerprint density at radius 3 is 2.89 bits per heavy atom. The van der Waals surface area contributed by atoms with Crippen molar-refractivity contribution in [1.29, 1.82) is 0 Å². The molecule has 1 atom stereocenters. The molecule has 3 aromatic heterocycles. The highest BCUT2D eigenvalue weighted by molar-refractivity contribution is 5.80. The van der Waals surface area contributed by atoms with Gasteiger partial charge in [0.25, 0.3) is 5.56 Å². The fourth-order valence-electron chi connectivity index (χ4n) is 4.22. The van der Waals surface area contributed by atoms with Gasteiger partial charge in [-0.2, -0.15) is 0 Å². The molecule has 0 aliphatic heterocycles. The van der Waals surface area contributed by atoms with E-state index in [-0.39, 0.29) is 24.1 Å². The third kappa shape index (κ3) is 2.69. The van der Waals surface area contributed by atoms with E-state index in [1.807, 2.05) is 40.9 Å². The van der Waals surface area contributed by atoms with Crippen molar-refractivity contribution in [2.24, 2.45) is 0 Å². The summed E-state index contributed by atoms with van der Waals surface area (Å²) in [7, 11) is 0. The number of carbonyl (C=O) groups is 1. The van der Waals surface area contributed by atoms with Gasteiger partial charge in [0.1, 0.15) is 12.1 Å². The number of amides is 1. The number of benzene rings is 1. The van der Waals surface area contributed by atoms with Crippen molar-refractivity contribution >= 4 is 22.6 Å². The van der Waals surface area contributed by atoms with E-state index >= 15 is 0 Å². The summed E-state index contributed by atoms with van der Waals surface area (Å²) in [6, 6.07) is 15.6. The molecule has 1 aliphatic rings. The van der Waals surface area contributed by atoms with E-state index < -0.39 is 0 Å². The van der Waals surface area contributed by atoms with Gasteiger partial charge in [0.05, 0.1) is 11.6 Å². The molecular formula is C22H20N4O2. The Labute approximate surface area is 161 Å². The summed E-state index contributed by atoms with van der Waals surface area (Å²) in [5, 5.41) is 3.12. The summed E-state index contributed by atoms with van der Waals surface area (Å²) in [6.07, 6.45) is 6.48. The largest absolute Gasteiger partial charge is 0.348 e. The highest BCUT2D eigenvalue weighted by atomic mass is 16.2. The second-order valence-corrected chi connectivity index (χ2v) is 7.21. The molecule has 6 heteroatoms. The lowest BCUT2D eigenvalue weighted by Gasteiger charge is -2.26. The van der Waals surface area contributed by atoms with Crippen LogP contribution in [0, 0.1) is 0 Å². The van der Waals surface area contributed by atoms with E-state index in [0.29, 0.717) is 11.2 Å². The molecule has 0 saturated carbocycles. The maximum absolute atomic E-state index is 13.0. The molecule has 5 rings (SSSR count). The zero-order valence-corrected chi connectivity index (χ0v) is 15.3. The van der Waals surface area contributed by atoms with E-state index in [9.17, 15) is 9.59 Å². The first-order chi connectivity index (χ1) is 13.7. The molecule has 1 aliphatic carbocycles. The fourth-order valence-corrected chi connectivity index (χ4v) is 4.22. The molecule has 0 unspecified atom stereocenters. The van der Waals surface area contributed by atoms with E-state index in [2.05, 4.69) is 22.4 Å². The second-order valence-electron chi connectivity index (χ2n) is 7.21. The van der Waals surface area contributed by atoms with Crippen molar-refractivity contribution < 1.29 is 4.79 Å². The van der Waals surface area contributed by atoms with Crippen LogP contribution in [0.2, 0.25) is 0 Å². The highest BCUT2D eigenvalue weighted by Gasteiger charge is 2.22. The van der Waals surface area contributed by atoms with Crippen molar-refractivity contribution in [2.45, 2.75) is 31.8 Å². The van der Waals surface area contributed by atoms with Crippen LogP contribution >= 0.6 is 0 Å². The lowest BCUT2D eigenvalue weighted by molar-refractivity contribution is -0.122. The third-order valence-corrected chi connectivity index (χ3v) is 5.50. The lowest BCUT2D eigenvalue weighted by atomic mass is 9.88. The molecule has 1 N–H and O–H groups in total. The number of hydrogen-bond donors (Lipinski definition) is 1. The topological polar surface area (TPSA) is 68.4 Å². The molecule has 0 bridgehead atoms. The third-order valence-electron chi connectivity index (χ3n) is 5.50. The van der Waals surface area contributed by atoms with Crippen molar-refractivity contribution in [3.05, 3.63) is 82.4 Å². The van der Waals surface area contributed by atoms with Gasteiger partial charge in [-0.05, 0) is 54.7 Å². The number of pyridine rings is 1. The number of carbonyl (C=O) groups excluding carboxylic acids is 1. The summed E-state index contributed by atoms with van der Waals surface area (Å²) in [6.45, 7) is -0.0489. The van der Waals surface area contributed by atoms with Gasteiger partial charge in [-0.25, -0.2) is 4.98 Å². The van der Waals surface area contributed by atoms with Gasteiger partial charge < -0.3 is 9.72 Å². The average Bonchev–Trinajstić information content (AvgIpc) is 3.22. The monoisotopic (exact) mass is 372 g/mol. The zero-order valence-electron chi connectivity index (χ0n) is 15.3. The maximum Gasteiger partial charge on any atom is 0.276 e. The number of aryl methyl sites for hydroxylation is 1. The minimum absolute atomic E-state index is 0.00981. The van der Waals surface area contributed by atoms with Crippen LogP contribution in [0.15, 0.2) is 65.7 Å². The van der Waals surface area contributed by atoms with Crippen molar-refractivity contribution in [1.82, 2.24) is 19.3 Å². The number of hydrogen-bond acceptors (Lipinski definition) is 3. The van der Waals surface area contributed by atoms with Gasteiger partial charge in [0, 0.05) is 12.4 Å². The van der Waals surface area contributed by atoms with Crippen LogP contribution in [0.1, 0.15) is 30.0 Å². The molecular weight excluding hydrogens is 352 g/mol. The molecule has 1 amide bonds. The van der Waals surface area contributed by atoms with Crippen LogP contribution in [-0.2, 0) is 17.8 Å². The SMILES string of the molecule is O=C(Cn1c(=O)c2cccn2c2cccnc21)N[C@@H]1CCCc2ccccc21. The van der Waals surface area contributed by atoms with E-state index in [0.717, 1.165) is 24.8 Å². The molecule has 28 heavy (non-hydrogen) atoms. The van der Waals surface area contributed by atoms with Crippen LogP contribution in [-0.4, -0.2) is 19.9 Å². The zero-order chi connectivity index (χ0) is 19.1. The van der Waals surface area contributed by atoms with E-state index in [4.69, 9.17) is 0 Å². The Balaban J connectivity index is 1.50. The predicted molar refractivity (Wildman–Crippen MR) is 107 cm³/mol. The predicted octanol–water partition coefficient (Wildman–Crippen LogP) is 2.84. The number of nitrogens with zero attached hydrogens (tertiary/aromatic N) is 3. The lowest BCUT2D eigenvalue weighted by Crippen LogP contribution is -2.36. The number of nitrogens with one attached hydrogen (secondary N) is 1. The molecule has 1 aromatic carbocycles. The Morgan fingerprint density at radius 1 is 1.11 bits per heavy atom. The summed E-state index contributed by atoms with van der Waals surface area (Å²) < 4.78 is 3.28. The van der Waals surface area contributed by atoms with Crippen molar-refractivity contribution in [3.8, 4) is 0 Å². The maximum atomic E-state index is 13.0. The second kappa shape index (κ2) is 6.64. The van der Waals surface area contributed by atoms with Crippen LogP contribution < -0.4 is 10.9 Å². The van der Waals surface area contributed by atoms with Gasteiger partial charge >= 0.3 is 0 Å². The average molecular weight is 372 g/mol. The van der Waals surface area contributed by atoms with Gasteiger partial charge in [-0.1, -0.05) is 24.3 Å². The minimum atomic E-state index is -0.213. The first kappa shape index (κ1) is 16.7. The first-order valence-electron chi connectivity index (χ1n) is 9.54. The summed E-state index contributed by atoms with van der Waals surface area (Å²) >= 11 is 0. The Hall–Kier alpha value is -3.41. The molecule has 3 heterocycles. The van der Waals surface area contributed by atoms with Crippen LogP contribution in [0.25, 0.3) is 16.7 Å². The van der Waals surface area contributed by atoms with Gasteiger partial charge in [-0.3, -0.25) is 14.2 Å². The number of rotatable bonds is 3. The molecule has 6 nitrogen and oxygen atoms in total. The van der Waals surface area contributed by atoms with Crippen LogP contribution in [0.5, 0.6) is 0 Å². The Morgan fingerprint density at radius 2 is 1.96 bits per heavy atom. The Kier molecular flexibility index (Phi) is 3.97. The van der Waals surface area contributed by atoms with Crippen LogP contribution in [0.3, 0.4) is 0 Å². The standard InChI is InChI=1S/C22H20N4O2/c27-20(24-17-9-3-7-15-6-1-2-8-16(15)17)14-26-21-18(10-4-12-23-21)25-13-5-11-19(25)22(26)28/h1-2,4-6,8,10-13,17H,3,7,9,14H2,(H,24,27)/t17-/m1/s1. The van der Waals surface area contributed by atoms with Crippen molar-refractivity contribution in [2.75, 3.05) is 0 Å². The van der Waals surface area contributed by atoms with Gasteiger partial charge in [0.2, 0.25) is 5.91 Å². The minimum Gasteiger partial charge on any atom is -0.348 e. The van der Waals surface area contributed by atoms with Crippen molar-refractivity contribution in [3.63, 3.8) is 0 Å². The highest BCUT2D eigenvalue weighted by Crippen LogP contribution is 2.29. The van der Waals surface area contributed by atoms with Gasteiger partial charge in [0.15, 0.2) is 5.65 Å². The first-order valence-corrected chi connectivity index (χ1v) is 9.54.